The second-order valence-corrected chi connectivity index (χ2v) is 16.3. The monoisotopic (exact) mass is 513 g/mol. The minimum Gasteiger partial charge on any atom is -0.475 e. The number of hydrogen-bond acceptors (Lipinski definition) is 3. The molecule has 23 heavy (non-hydrogen) atoms. The lowest BCUT2D eigenvalue weighted by atomic mass is 9.99. The maximum atomic E-state index is 6.56. The molecule has 0 aromatic heterocycles. The molecule has 0 radical (unpaired) electrons. The third-order valence-corrected chi connectivity index (χ3v) is 11.7. The lowest BCUT2D eigenvalue weighted by Gasteiger charge is -2.43. The normalized spacial score (nSPS) is 25.1. The fourth-order valence-electron chi connectivity index (χ4n) is 2.00. The highest BCUT2D eigenvalue weighted by molar-refractivity contribution is 14.1. The van der Waals surface area contributed by atoms with E-state index in [0.29, 0.717) is 12.5 Å². The summed E-state index contributed by atoms with van der Waals surface area (Å²) in [7, 11) is -1.93. The SMILES string of the molecule is CC(C)[C@@H](I)[C@@H]1N=C(C(Cl)(Cl)Cl)OC[C@H]1O[Si](C)(C)C(C)(C)C. The first-order valence-electron chi connectivity index (χ1n) is 7.76. The lowest BCUT2D eigenvalue weighted by Crippen LogP contribution is -2.53. The van der Waals surface area contributed by atoms with Crippen LogP contribution in [0.4, 0.5) is 0 Å². The zero-order valence-electron chi connectivity index (χ0n) is 14.8. The van der Waals surface area contributed by atoms with Gasteiger partial charge in [-0.2, -0.15) is 0 Å². The van der Waals surface area contributed by atoms with Crippen LogP contribution < -0.4 is 0 Å². The van der Waals surface area contributed by atoms with Crippen LogP contribution in [0.3, 0.4) is 0 Å². The second-order valence-electron chi connectivity index (χ2n) is 7.84. The van der Waals surface area contributed by atoms with E-state index in [0.717, 1.165) is 0 Å². The molecule has 1 aliphatic rings. The summed E-state index contributed by atoms with van der Waals surface area (Å²) in [6.07, 6.45) is -0.115. The van der Waals surface area contributed by atoms with Crippen molar-refractivity contribution >= 4 is 71.6 Å². The smallest absolute Gasteiger partial charge is 0.266 e. The van der Waals surface area contributed by atoms with Crippen LogP contribution in [0.2, 0.25) is 18.1 Å². The van der Waals surface area contributed by atoms with Crippen LogP contribution >= 0.6 is 57.4 Å². The van der Waals surface area contributed by atoms with Gasteiger partial charge in [0.05, 0.1) is 6.04 Å². The fourth-order valence-corrected chi connectivity index (χ4v) is 4.25. The Morgan fingerprint density at radius 2 is 1.78 bits per heavy atom. The van der Waals surface area contributed by atoms with E-state index in [9.17, 15) is 0 Å². The Morgan fingerprint density at radius 3 is 2.17 bits per heavy atom. The van der Waals surface area contributed by atoms with Gasteiger partial charge in [-0.3, -0.25) is 0 Å². The Morgan fingerprint density at radius 1 is 1.26 bits per heavy atom. The summed E-state index contributed by atoms with van der Waals surface area (Å²) in [5, 5.41) is 0.120. The molecule has 0 aromatic carbocycles. The maximum Gasteiger partial charge on any atom is 0.266 e. The van der Waals surface area contributed by atoms with Crippen molar-refractivity contribution < 1.29 is 9.16 Å². The van der Waals surface area contributed by atoms with Gasteiger partial charge in [-0.25, -0.2) is 4.99 Å². The minimum absolute atomic E-state index is 0.0795. The molecule has 0 amide bonds. The van der Waals surface area contributed by atoms with Crippen molar-refractivity contribution in [3.63, 3.8) is 0 Å². The van der Waals surface area contributed by atoms with E-state index in [1.165, 1.54) is 0 Å². The molecule has 0 spiro atoms. The van der Waals surface area contributed by atoms with Gasteiger partial charge in [0.25, 0.3) is 3.79 Å². The van der Waals surface area contributed by atoms with E-state index in [-0.39, 0.29) is 27.0 Å². The van der Waals surface area contributed by atoms with Crippen molar-refractivity contribution in [3.05, 3.63) is 0 Å². The van der Waals surface area contributed by atoms with E-state index < -0.39 is 12.1 Å². The molecule has 3 nitrogen and oxygen atoms in total. The molecular weight excluding hydrogens is 488 g/mol. The van der Waals surface area contributed by atoms with Gasteiger partial charge in [0.2, 0.25) is 5.90 Å². The van der Waals surface area contributed by atoms with E-state index >= 15 is 0 Å². The average molecular weight is 515 g/mol. The molecule has 1 rings (SSSR count). The van der Waals surface area contributed by atoms with E-state index in [1.807, 2.05) is 0 Å². The molecule has 0 bridgehead atoms. The molecule has 0 unspecified atom stereocenters. The van der Waals surface area contributed by atoms with Crippen LogP contribution in [0.25, 0.3) is 0 Å². The van der Waals surface area contributed by atoms with Crippen molar-refractivity contribution in [3.8, 4) is 0 Å². The third kappa shape index (κ3) is 5.88. The first-order valence-corrected chi connectivity index (χ1v) is 13.1. The summed E-state index contributed by atoms with van der Waals surface area (Å²) in [6, 6.07) is -0.0795. The third-order valence-electron chi connectivity index (χ3n) is 4.49. The van der Waals surface area contributed by atoms with Gasteiger partial charge in [0.1, 0.15) is 12.7 Å². The van der Waals surface area contributed by atoms with Crippen LogP contribution in [0.1, 0.15) is 34.6 Å². The molecule has 3 atom stereocenters. The van der Waals surface area contributed by atoms with Crippen LogP contribution in [-0.2, 0) is 9.16 Å². The number of nitrogens with zero attached hydrogens (tertiary/aromatic N) is 1. The van der Waals surface area contributed by atoms with Gasteiger partial charge in [0, 0.05) is 3.92 Å². The Labute approximate surface area is 170 Å². The highest BCUT2D eigenvalue weighted by atomic mass is 127. The largest absolute Gasteiger partial charge is 0.475 e. The quantitative estimate of drug-likeness (QED) is 0.262. The standard InChI is InChI=1S/C15H27Cl3INO2Si/c1-9(2)11(19)12-10(22-23(6,7)14(3,4)5)8-21-13(20-12)15(16,17)18/h9-12H,8H2,1-7H3/t10-,11-,12-/m1/s1. The molecule has 1 aliphatic heterocycles. The van der Waals surface area contributed by atoms with E-state index in [4.69, 9.17) is 44.0 Å². The zero-order valence-corrected chi connectivity index (χ0v) is 20.2. The molecule has 0 N–H and O–H groups in total. The molecule has 8 heteroatoms. The highest BCUT2D eigenvalue weighted by Gasteiger charge is 2.45. The Bertz CT molecular complexity index is 447. The van der Waals surface area contributed by atoms with Crippen molar-refractivity contribution in [2.24, 2.45) is 10.9 Å². The molecule has 1 heterocycles. The van der Waals surface area contributed by atoms with Crippen molar-refractivity contribution in [1.82, 2.24) is 0 Å². The van der Waals surface area contributed by atoms with Crippen LogP contribution in [0.15, 0.2) is 4.99 Å². The van der Waals surface area contributed by atoms with Gasteiger partial charge < -0.3 is 9.16 Å². The lowest BCUT2D eigenvalue weighted by molar-refractivity contribution is 0.0689. The summed E-state index contributed by atoms with van der Waals surface area (Å²) >= 11 is 20.3. The predicted octanol–water partition coefficient (Wildman–Crippen LogP) is 6.00. The minimum atomic E-state index is -1.93. The van der Waals surface area contributed by atoms with Gasteiger partial charge >= 0.3 is 0 Å². The molecule has 0 saturated carbocycles. The number of ether oxygens (including phenoxy) is 1. The highest BCUT2D eigenvalue weighted by Crippen LogP contribution is 2.40. The Kier molecular flexibility index (Phi) is 7.62. The zero-order chi connectivity index (χ0) is 18.2. The fraction of sp³-hybridized carbons (Fsp3) is 0.933. The van der Waals surface area contributed by atoms with Gasteiger partial charge in [-0.15, -0.1) is 0 Å². The van der Waals surface area contributed by atoms with Crippen LogP contribution in [0, 0.1) is 5.92 Å². The van der Waals surface area contributed by atoms with Crippen molar-refractivity contribution in [1.29, 1.82) is 0 Å². The van der Waals surface area contributed by atoms with Gasteiger partial charge in [-0.05, 0) is 24.1 Å². The van der Waals surface area contributed by atoms with E-state index in [1.54, 1.807) is 0 Å². The molecule has 0 aliphatic carbocycles. The predicted molar refractivity (Wildman–Crippen MR) is 112 cm³/mol. The molecule has 0 fully saturated rings. The summed E-state index contributed by atoms with van der Waals surface area (Å²) in [5.41, 5.74) is 0. The number of alkyl halides is 4. The van der Waals surface area contributed by atoms with Crippen LogP contribution in [0.5, 0.6) is 0 Å². The van der Waals surface area contributed by atoms with E-state index in [2.05, 4.69) is 75.3 Å². The van der Waals surface area contributed by atoms with Crippen LogP contribution in [-0.4, -0.2) is 40.7 Å². The summed E-state index contributed by atoms with van der Waals surface area (Å²) in [5.74, 6) is 0.606. The molecule has 0 saturated heterocycles. The summed E-state index contributed by atoms with van der Waals surface area (Å²) in [6.45, 7) is 15.8. The van der Waals surface area contributed by atoms with Gasteiger partial charge in [-0.1, -0.05) is 92.0 Å². The molecule has 0 aromatic rings. The second kappa shape index (κ2) is 7.87. The number of aliphatic imine (C=N–C) groups is 1. The topological polar surface area (TPSA) is 30.8 Å². The number of halogens is 4. The van der Waals surface area contributed by atoms with Crippen molar-refractivity contribution in [2.75, 3.05) is 6.61 Å². The Hall–Kier alpha value is 1.25. The first kappa shape index (κ1) is 22.3. The first-order chi connectivity index (χ1) is 10.2. The summed E-state index contributed by atoms with van der Waals surface area (Å²) < 4.78 is 10.8. The summed E-state index contributed by atoms with van der Waals surface area (Å²) in [4.78, 5) is 4.61. The maximum absolute atomic E-state index is 6.56. The molecular formula is C15H27Cl3INO2Si. The van der Waals surface area contributed by atoms with Crippen molar-refractivity contribution in [2.45, 2.75) is 72.6 Å². The number of rotatable bonds is 4. The average Bonchev–Trinajstić information content (AvgIpc) is 2.35. The molecule has 136 valence electrons. The number of hydrogen-bond donors (Lipinski definition) is 0. The van der Waals surface area contributed by atoms with Gasteiger partial charge in [0.15, 0.2) is 8.32 Å². The Balaban J connectivity index is 3.10.